The van der Waals surface area contributed by atoms with Gasteiger partial charge in [-0.3, -0.25) is 0 Å². The second-order valence-corrected chi connectivity index (χ2v) is 5.70. The zero-order valence-electron chi connectivity index (χ0n) is 11.2. The molecule has 1 saturated carbocycles. The Bertz CT molecular complexity index is 478. The van der Waals surface area contributed by atoms with Gasteiger partial charge < -0.3 is 5.32 Å². The third kappa shape index (κ3) is 2.74. The highest BCUT2D eigenvalue weighted by Crippen LogP contribution is 2.33. The minimum atomic E-state index is -2.13. The van der Waals surface area contributed by atoms with Crippen LogP contribution in [0.4, 0.5) is 27.6 Å². The average molecular weight is 293 g/mol. The van der Waals surface area contributed by atoms with Gasteiger partial charge in [0, 0.05) is 6.04 Å². The summed E-state index contributed by atoms with van der Waals surface area (Å²) in [7, 11) is 0. The molecule has 1 aromatic rings. The molecule has 1 N–H and O–H groups in total. The molecule has 0 heterocycles. The first-order valence-electron chi connectivity index (χ1n) is 6.59. The maximum Gasteiger partial charge on any atom is 0.200 e. The van der Waals surface area contributed by atoms with Gasteiger partial charge in [-0.1, -0.05) is 13.8 Å². The van der Waals surface area contributed by atoms with Gasteiger partial charge in [0.05, 0.1) is 0 Å². The molecule has 2 rings (SSSR count). The summed E-state index contributed by atoms with van der Waals surface area (Å²) in [5.41, 5.74) is -0.923. The predicted molar refractivity (Wildman–Crippen MR) is 65.8 cm³/mol. The van der Waals surface area contributed by atoms with Crippen LogP contribution in [0.25, 0.3) is 0 Å². The van der Waals surface area contributed by atoms with E-state index in [1.165, 1.54) is 0 Å². The van der Waals surface area contributed by atoms with Crippen molar-refractivity contribution in [2.45, 2.75) is 39.2 Å². The molecule has 20 heavy (non-hydrogen) atoms. The first-order valence-corrected chi connectivity index (χ1v) is 6.59. The molecule has 0 bridgehead atoms. The second kappa shape index (κ2) is 5.58. The molecule has 2 unspecified atom stereocenters. The molecule has 0 spiro atoms. The first-order chi connectivity index (χ1) is 9.31. The summed E-state index contributed by atoms with van der Waals surface area (Å²) in [6.07, 6.45) is 2.28. The molecular formula is C14H16F5N. The summed E-state index contributed by atoms with van der Waals surface area (Å²) in [6.45, 7) is 4.01. The molecule has 0 saturated heterocycles. The molecule has 1 nitrogen and oxygen atoms in total. The van der Waals surface area contributed by atoms with E-state index in [9.17, 15) is 22.0 Å². The molecule has 112 valence electrons. The van der Waals surface area contributed by atoms with Gasteiger partial charge in [0.1, 0.15) is 5.69 Å². The van der Waals surface area contributed by atoms with Crippen LogP contribution >= 0.6 is 0 Å². The lowest BCUT2D eigenvalue weighted by atomic mass is 9.80. The Hall–Kier alpha value is -1.33. The molecule has 1 aromatic carbocycles. The van der Waals surface area contributed by atoms with Gasteiger partial charge in [0.15, 0.2) is 23.3 Å². The number of benzene rings is 1. The van der Waals surface area contributed by atoms with Crippen molar-refractivity contribution < 1.29 is 22.0 Å². The van der Waals surface area contributed by atoms with Crippen molar-refractivity contribution in [3.05, 3.63) is 29.1 Å². The number of anilines is 1. The lowest BCUT2D eigenvalue weighted by molar-refractivity contribution is 0.279. The summed E-state index contributed by atoms with van der Waals surface area (Å²) >= 11 is 0. The quantitative estimate of drug-likeness (QED) is 0.476. The van der Waals surface area contributed by atoms with Crippen molar-refractivity contribution in [3.63, 3.8) is 0 Å². The van der Waals surface area contributed by atoms with Gasteiger partial charge in [0.25, 0.3) is 0 Å². The monoisotopic (exact) mass is 293 g/mol. The van der Waals surface area contributed by atoms with Crippen molar-refractivity contribution in [3.8, 4) is 0 Å². The molecular weight excluding hydrogens is 277 g/mol. The number of halogens is 5. The number of hydrogen-bond acceptors (Lipinski definition) is 1. The molecule has 0 amide bonds. The van der Waals surface area contributed by atoms with E-state index in [2.05, 4.69) is 5.32 Å². The van der Waals surface area contributed by atoms with Crippen LogP contribution in [0.2, 0.25) is 0 Å². The van der Waals surface area contributed by atoms with Crippen molar-refractivity contribution in [2.24, 2.45) is 11.8 Å². The van der Waals surface area contributed by atoms with Crippen LogP contribution in [0, 0.1) is 40.9 Å². The van der Waals surface area contributed by atoms with E-state index in [4.69, 9.17) is 0 Å². The zero-order chi connectivity index (χ0) is 15.0. The first kappa shape index (κ1) is 15.1. The lowest BCUT2D eigenvalue weighted by Crippen LogP contribution is -2.31. The van der Waals surface area contributed by atoms with E-state index < -0.39 is 34.8 Å². The normalized spacial score (nSPS) is 26.6. The maximum atomic E-state index is 13.6. The minimum Gasteiger partial charge on any atom is -0.377 e. The topological polar surface area (TPSA) is 12.0 Å². The van der Waals surface area contributed by atoms with Gasteiger partial charge >= 0.3 is 0 Å². The Labute approximate surface area is 114 Å². The van der Waals surface area contributed by atoms with Crippen LogP contribution in [0.5, 0.6) is 0 Å². The molecule has 6 heteroatoms. The van der Waals surface area contributed by atoms with Gasteiger partial charge in [-0.2, -0.15) is 0 Å². The summed E-state index contributed by atoms with van der Waals surface area (Å²) in [4.78, 5) is 0. The largest absolute Gasteiger partial charge is 0.377 e. The summed E-state index contributed by atoms with van der Waals surface area (Å²) in [5.74, 6) is -8.86. The summed E-state index contributed by atoms with van der Waals surface area (Å²) < 4.78 is 66.3. The van der Waals surface area contributed by atoms with E-state index in [1.54, 1.807) is 0 Å². The Morgan fingerprint density at radius 1 is 0.700 bits per heavy atom. The second-order valence-electron chi connectivity index (χ2n) is 5.70. The zero-order valence-corrected chi connectivity index (χ0v) is 11.2. The fourth-order valence-electron chi connectivity index (χ4n) is 3.00. The Morgan fingerprint density at radius 2 is 1.10 bits per heavy atom. The fraction of sp³-hybridized carbons (Fsp3) is 0.571. The van der Waals surface area contributed by atoms with Crippen molar-refractivity contribution >= 4 is 5.69 Å². The van der Waals surface area contributed by atoms with Crippen molar-refractivity contribution in [1.29, 1.82) is 0 Å². The van der Waals surface area contributed by atoms with Crippen LogP contribution in [0.3, 0.4) is 0 Å². The van der Waals surface area contributed by atoms with Crippen LogP contribution in [-0.2, 0) is 0 Å². The van der Waals surface area contributed by atoms with E-state index in [0.29, 0.717) is 24.7 Å². The number of nitrogens with one attached hydrogen (secondary N) is 1. The molecule has 0 radical (unpaired) electrons. The van der Waals surface area contributed by atoms with Crippen LogP contribution < -0.4 is 5.32 Å². The SMILES string of the molecule is CC1CC(C)CC(Nc2c(F)c(F)c(F)c(F)c2F)C1. The Morgan fingerprint density at radius 3 is 1.55 bits per heavy atom. The van der Waals surface area contributed by atoms with E-state index in [1.807, 2.05) is 13.8 Å². The van der Waals surface area contributed by atoms with Crippen LogP contribution in [0.15, 0.2) is 0 Å². The minimum absolute atomic E-state index is 0.290. The molecule has 1 aliphatic carbocycles. The average Bonchev–Trinajstić information content (AvgIpc) is 2.38. The fourth-order valence-corrected chi connectivity index (χ4v) is 3.00. The Kier molecular flexibility index (Phi) is 4.20. The summed E-state index contributed by atoms with van der Waals surface area (Å²) in [5, 5.41) is 2.49. The Balaban J connectivity index is 2.30. The lowest BCUT2D eigenvalue weighted by Gasteiger charge is -2.32. The molecule has 1 fully saturated rings. The molecule has 1 aliphatic rings. The third-order valence-electron chi connectivity index (χ3n) is 3.74. The highest BCUT2D eigenvalue weighted by molar-refractivity contribution is 5.48. The number of hydrogen-bond donors (Lipinski definition) is 1. The van der Waals surface area contributed by atoms with Crippen molar-refractivity contribution in [2.75, 3.05) is 5.32 Å². The van der Waals surface area contributed by atoms with Gasteiger partial charge in [-0.05, 0) is 31.1 Å². The highest BCUT2D eigenvalue weighted by Gasteiger charge is 2.29. The van der Waals surface area contributed by atoms with Gasteiger partial charge in [0.2, 0.25) is 5.82 Å². The standard InChI is InChI=1S/C14H16F5N/c1-6-3-7(2)5-8(4-6)20-14-12(18)10(16)9(15)11(17)13(14)19/h6-8,20H,3-5H2,1-2H3. The van der Waals surface area contributed by atoms with Crippen molar-refractivity contribution in [1.82, 2.24) is 0 Å². The number of rotatable bonds is 2. The van der Waals surface area contributed by atoms with Crippen LogP contribution in [-0.4, -0.2) is 6.04 Å². The smallest absolute Gasteiger partial charge is 0.200 e. The van der Waals surface area contributed by atoms with Gasteiger partial charge in [-0.15, -0.1) is 0 Å². The van der Waals surface area contributed by atoms with E-state index in [-0.39, 0.29) is 6.04 Å². The molecule has 0 aromatic heterocycles. The predicted octanol–water partition coefficient (Wildman–Crippen LogP) is 4.62. The maximum absolute atomic E-state index is 13.6. The molecule has 0 aliphatic heterocycles. The highest BCUT2D eigenvalue weighted by atomic mass is 19.2. The van der Waals surface area contributed by atoms with E-state index >= 15 is 0 Å². The van der Waals surface area contributed by atoms with Crippen LogP contribution in [0.1, 0.15) is 33.1 Å². The molecule has 2 atom stereocenters. The summed E-state index contributed by atoms with van der Waals surface area (Å²) in [6, 6.07) is -0.290. The van der Waals surface area contributed by atoms with Gasteiger partial charge in [-0.25, -0.2) is 22.0 Å². The third-order valence-corrected chi connectivity index (χ3v) is 3.74. The van der Waals surface area contributed by atoms with E-state index in [0.717, 1.165) is 6.42 Å².